The van der Waals surface area contributed by atoms with Crippen molar-refractivity contribution >= 4 is 5.78 Å². The summed E-state index contributed by atoms with van der Waals surface area (Å²) in [6.07, 6.45) is 7.06. The second-order valence-corrected chi connectivity index (χ2v) is 6.49. The second kappa shape index (κ2) is 6.09. The Labute approximate surface area is 122 Å². The van der Waals surface area contributed by atoms with Gasteiger partial charge in [0.05, 0.1) is 0 Å². The smallest absolute Gasteiger partial charge is 0.131 e. The van der Waals surface area contributed by atoms with E-state index >= 15 is 0 Å². The first kappa shape index (κ1) is 13.8. The van der Waals surface area contributed by atoms with Gasteiger partial charge in [0.15, 0.2) is 0 Å². The lowest BCUT2D eigenvalue weighted by Gasteiger charge is -2.32. The highest BCUT2D eigenvalue weighted by Gasteiger charge is 2.29. The standard InChI is InChI=1S/C18H25NO/c1-14(20)12-17-9-5-11-19(17)13-16-8-4-7-15-6-2-3-10-18(15)16/h2-3,6,10,16-17H,4-5,7-9,11-13H2,1H3. The van der Waals surface area contributed by atoms with Crippen molar-refractivity contribution in [2.45, 2.75) is 57.4 Å². The molecule has 1 aliphatic heterocycles. The summed E-state index contributed by atoms with van der Waals surface area (Å²) in [5.74, 6) is 1.01. The largest absolute Gasteiger partial charge is 0.300 e. The first-order valence-electron chi connectivity index (χ1n) is 8.05. The zero-order valence-electron chi connectivity index (χ0n) is 12.5. The van der Waals surface area contributed by atoms with Crippen molar-refractivity contribution in [3.63, 3.8) is 0 Å². The SMILES string of the molecule is CC(=O)CC1CCCN1CC1CCCc2ccccc21. The van der Waals surface area contributed by atoms with Gasteiger partial charge in [0, 0.05) is 19.0 Å². The van der Waals surface area contributed by atoms with Crippen LogP contribution in [0.25, 0.3) is 0 Å². The maximum Gasteiger partial charge on any atom is 0.131 e. The molecule has 2 unspecified atom stereocenters. The average molecular weight is 271 g/mol. The Hall–Kier alpha value is -1.15. The third-order valence-corrected chi connectivity index (χ3v) is 4.97. The molecule has 2 nitrogen and oxygen atoms in total. The number of nitrogens with zero attached hydrogens (tertiary/aromatic N) is 1. The molecule has 20 heavy (non-hydrogen) atoms. The van der Waals surface area contributed by atoms with Crippen LogP contribution in [0.5, 0.6) is 0 Å². The fourth-order valence-electron chi connectivity index (χ4n) is 4.03. The van der Waals surface area contributed by atoms with E-state index in [9.17, 15) is 4.79 Å². The van der Waals surface area contributed by atoms with Crippen molar-refractivity contribution in [2.24, 2.45) is 0 Å². The minimum absolute atomic E-state index is 0.339. The molecule has 1 aliphatic carbocycles. The molecule has 2 atom stereocenters. The van der Waals surface area contributed by atoms with Crippen LogP contribution in [0.3, 0.4) is 0 Å². The Balaban J connectivity index is 1.70. The van der Waals surface area contributed by atoms with Crippen LogP contribution in [0.4, 0.5) is 0 Å². The van der Waals surface area contributed by atoms with Crippen LogP contribution in [0.1, 0.15) is 56.1 Å². The number of likely N-dealkylation sites (tertiary alicyclic amines) is 1. The van der Waals surface area contributed by atoms with Crippen LogP contribution in [0.2, 0.25) is 0 Å². The molecule has 0 aromatic heterocycles. The molecule has 2 heteroatoms. The van der Waals surface area contributed by atoms with Gasteiger partial charge >= 0.3 is 0 Å². The number of Topliss-reactive ketones (excluding diaryl/α,β-unsaturated/α-hetero) is 1. The van der Waals surface area contributed by atoms with Gasteiger partial charge < -0.3 is 0 Å². The summed E-state index contributed by atoms with van der Waals surface area (Å²) < 4.78 is 0. The number of carbonyl (C=O) groups is 1. The zero-order chi connectivity index (χ0) is 13.9. The van der Waals surface area contributed by atoms with E-state index in [-0.39, 0.29) is 0 Å². The molecular formula is C18H25NO. The molecule has 2 aliphatic rings. The third-order valence-electron chi connectivity index (χ3n) is 4.97. The fraction of sp³-hybridized carbons (Fsp3) is 0.611. The summed E-state index contributed by atoms with van der Waals surface area (Å²) >= 11 is 0. The Bertz CT molecular complexity index is 482. The monoisotopic (exact) mass is 271 g/mol. The number of carbonyl (C=O) groups excluding carboxylic acids is 1. The van der Waals surface area contributed by atoms with E-state index in [1.54, 1.807) is 18.1 Å². The number of ketones is 1. The first-order valence-corrected chi connectivity index (χ1v) is 8.05. The van der Waals surface area contributed by atoms with E-state index < -0.39 is 0 Å². The molecule has 0 N–H and O–H groups in total. The van der Waals surface area contributed by atoms with Gasteiger partial charge in [-0.05, 0) is 62.6 Å². The molecule has 1 saturated heterocycles. The van der Waals surface area contributed by atoms with Crippen LogP contribution in [-0.4, -0.2) is 29.8 Å². The third kappa shape index (κ3) is 2.95. The normalized spacial score (nSPS) is 26.4. The van der Waals surface area contributed by atoms with Crippen LogP contribution < -0.4 is 0 Å². The van der Waals surface area contributed by atoms with Gasteiger partial charge in [0.1, 0.15) is 5.78 Å². The zero-order valence-corrected chi connectivity index (χ0v) is 12.5. The summed E-state index contributed by atoms with van der Waals surface area (Å²) in [5.41, 5.74) is 3.11. The van der Waals surface area contributed by atoms with Crippen molar-refractivity contribution in [3.05, 3.63) is 35.4 Å². The van der Waals surface area contributed by atoms with Crippen molar-refractivity contribution in [1.29, 1.82) is 0 Å². The van der Waals surface area contributed by atoms with Crippen molar-refractivity contribution in [2.75, 3.05) is 13.1 Å². The van der Waals surface area contributed by atoms with E-state index in [0.717, 1.165) is 13.0 Å². The molecule has 1 fully saturated rings. The molecule has 0 spiro atoms. The second-order valence-electron chi connectivity index (χ2n) is 6.49. The quantitative estimate of drug-likeness (QED) is 0.834. The lowest BCUT2D eigenvalue weighted by atomic mass is 9.82. The highest BCUT2D eigenvalue weighted by Crippen LogP contribution is 2.34. The van der Waals surface area contributed by atoms with E-state index in [4.69, 9.17) is 0 Å². The van der Waals surface area contributed by atoms with Crippen molar-refractivity contribution in [3.8, 4) is 0 Å². The minimum Gasteiger partial charge on any atom is -0.300 e. The Morgan fingerprint density at radius 2 is 2.10 bits per heavy atom. The van der Waals surface area contributed by atoms with E-state index in [0.29, 0.717) is 17.7 Å². The average Bonchev–Trinajstić information content (AvgIpc) is 2.86. The van der Waals surface area contributed by atoms with Gasteiger partial charge in [0.2, 0.25) is 0 Å². The maximum absolute atomic E-state index is 11.4. The molecule has 1 aromatic rings. The summed E-state index contributed by atoms with van der Waals surface area (Å²) in [6.45, 7) is 4.05. The van der Waals surface area contributed by atoms with Crippen molar-refractivity contribution in [1.82, 2.24) is 4.90 Å². The predicted molar refractivity (Wildman–Crippen MR) is 82.0 cm³/mol. The summed E-state index contributed by atoms with van der Waals surface area (Å²) in [7, 11) is 0. The lowest BCUT2D eigenvalue weighted by molar-refractivity contribution is -0.118. The van der Waals surface area contributed by atoms with Crippen LogP contribution in [0, 0.1) is 0 Å². The molecule has 0 radical (unpaired) electrons. The Kier molecular flexibility index (Phi) is 4.21. The van der Waals surface area contributed by atoms with Gasteiger partial charge in [-0.3, -0.25) is 9.69 Å². The highest BCUT2D eigenvalue weighted by molar-refractivity contribution is 5.76. The number of benzene rings is 1. The number of aryl methyl sites for hydroxylation is 1. The van der Waals surface area contributed by atoms with Gasteiger partial charge in [0.25, 0.3) is 0 Å². The molecule has 3 rings (SSSR count). The number of fused-ring (bicyclic) bond motifs is 1. The Morgan fingerprint density at radius 1 is 1.25 bits per heavy atom. The van der Waals surface area contributed by atoms with Gasteiger partial charge in [-0.1, -0.05) is 24.3 Å². The summed E-state index contributed by atoms with van der Waals surface area (Å²) in [6, 6.07) is 9.44. The summed E-state index contributed by atoms with van der Waals surface area (Å²) in [5, 5.41) is 0. The highest BCUT2D eigenvalue weighted by atomic mass is 16.1. The van der Waals surface area contributed by atoms with Crippen molar-refractivity contribution < 1.29 is 4.79 Å². The molecule has 0 bridgehead atoms. The van der Waals surface area contributed by atoms with E-state index in [1.807, 2.05) is 0 Å². The Morgan fingerprint density at radius 3 is 2.95 bits per heavy atom. The number of rotatable bonds is 4. The van der Waals surface area contributed by atoms with Crippen LogP contribution >= 0.6 is 0 Å². The van der Waals surface area contributed by atoms with Crippen LogP contribution in [-0.2, 0) is 11.2 Å². The topological polar surface area (TPSA) is 20.3 Å². The number of hydrogen-bond donors (Lipinski definition) is 0. The molecule has 0 amide bonds. The lowest BCUT2D eigenvalue weighted by Crippen LogP contribution is -2.35. The minimum atomic E-state index is 0.339. The van der Waals surface area contributed by atoms with E-state index in [1.165, 1.54) is 38.6 Å². The molecule has 1 heterocycles. The van der Waals surface area contributed by atoms with E-state index in [2.05, 4.69) is 29.2 Å². The predicted octanol–water partition coefficient (Wildman–Crippen LogP) is 3.55. The molecular weight excluding hydrogens is 246 g/mol. The van der Waals surface area contributed by atoms with Gasteiger partial charge in [-0.15, -0.1) is 0 Å². The van der Waals surface area contributed by atoms with Gasteiger partial charge in [-0.25, -0.2) is 0 Å². The van der Waals surface area contributed by atoms with Gasteiger partial charge in [-0.2, -0.15) is 0 Å². The summed E-state index contributed by atoms with van der Waals surface area (Å²) in [4.78, 5) is 14.0. The molecule has 108 valence electrons. The first-order chi connectivity index (χ1) is 9.74. The maximum atomic E-state index is 11.4. The van der Waals surface area contributed by atoms with Crippen LogP contribution in [0.15, 0.2) is 24.3 Å². The molecule has 1 aromatic carbocycles. The number of hydrogen-bond acceptors (Lipinski definition) is 2. The fourth-order valence-corrected chi connectivity index (χ4v) is 4.03. The molecule has 0 saturated carbocycles.